The Bertz CT molecular complexity index is 656. The quantitative estimate of drug-likeness (QED) is 0.473. The molecule has 0 aromatic heterocycles. The summed E-state index contributed by atoms with van der Waals surface area (Å²) in [5.41, 5.74) is 0. The van der Waals surface area contributed by atoms with Crippen molar-refractivity contribution in [2.75, 3.05) is 0 Å². The molecule has 0 amide bonds. The molecule has 20 heavy (non-hydrogen) atoms. The molecule has 105 valence electrons. The second kappa shape index (κ2) is 5.25. The lowest BCUT2D eigenvalue weighted by Crippen LogP contribution is -2.17. The number of rotatable bonds is 2. The van der Waals surface area contributed by atoms with Gasteiger partial charge in [-0.3, -0.25) is 4.57 Å². The van der Waals surface area contributed by atoms with E-state index in [1.165, 1.54) is 0 Å². The highest BCUT2D eigenvalue weighted by atomic mass is 31.1. The Kier molecular flexibility index (Phi) is 3.81. The second-order valence-electron chi connectivity index (χ2n) is 3.68. The monoisotopic (exact) mass is 309 g/mol. The molecule has 0 aliphatic heterocycles. The lowest BCUT2D eigenvalue weighted by Gasteiger charge is -2.06. The van der Waals surface area contributed by atoms with Crippen LogP contribution in [0, 0.1) is 34.9 Å². The van der Waals surface area contributed by atoms with Crippen molar-refractivity contribution < 1.29 is 30.9 Å². The molecular formula is C12H4F6OP. The minimum absolute atomic E-state index is 0.499. The molecule has 0 saturated heterocycles. The van der Waals surface area contributed by atoms with E-state index in [-0.39, 0.29) is 0 Å². The Labute approximate surface area is 109 Å². The zero-order valence-corrected chi connectivity index (χ0v) is 10.3. The molecule has 2 aromatic rings. The topological polar surface area (TPSA) is 17.1 Å². The van der Waals surface area contributed by atoms with Crippen LogP contribution in [0.1, 0.15) is 0 Å². The molecule has 8 heteroatoms. The molecule has 1 nitrogen and oxygen atoms in total. The molecule has 0 N–H and O–H groups in total. The van der Waals surface area contributed by atoms with E-state index in [4.69, 9.17) is 0 Å². The molecule has 0 aliphatic carbocycles. The van der Waals surface area contributed by atoms with Crippen LogP contribution < -0.4 is 10.6 Å². The molecule has 0 bridgehead atoms. The highest BCUT2D eigenvalue weighted by molar-refractivity contribution is 7.61. The van der Waals surface area contributed by atoms with Crippen molar-refractivity contribution in [3.63, 3.8) is 0 Å². The van der Waals surface area contributed by atoms with Crippen molar-refractivity contribution in [1.82, 2.24) is 0 Å². The molecule has 2 rings (SSSR count). The number of benzene rings is 2. The van der Waals surface area contributed by atoms with Gasteiger partial charge in [0.05, 0.1) is 10.6 Å². The smallest absolute Gasteiger partial charge is 0.195 e. The first-order valence-electron chi connectivity index (χ1n) is 5.09. The maximum absolute atomic E-state index is 13.4. The fourth-order valence-electron chi connectivity index (χ4n) is 1.47. The van der Waals surface area contributed by atoms with Gasteiger partial charge in [0.15, 0.2) is 34.9 Å². The molecule has 0 spiro atoms. The molecule has 2 aromatic carbocycles. The van der Waals surface area contributed by atoms with Gasteiger partial charge in [-0.05, 0) is 24.3 Å². The van der Waals surface area contributed by atoms with Gasteiger partial charge >= 0.3 is 0 Å². The normalized spacial score (nSPS) is 10.7. The van der Waals surface area contributed by atoms with Crippen LogP contribution in [-0.4, -0.2) is 0 Å². The molecule has 0 atom stereocenters. The summed E-state index contributed by atoms with van der Waals surface area (Å²) in [6.45, 7) is 0. The zero-order chi connectivity index (χ0) is 15.0. The van der Waals surface area contributed by atoms with Gasteiger partial charge in [0.2, 0.25) is 0 Å². The lowest BCUT2D eigenvalue weighted by molar-refractivity contribution is 0.449. The summed E-state index contributed by atoms with van der Waals surface area (Å²) in [7, 11) is -3.08. The third-order valence-corrected chi connectivity index (χ3v) is 4.03. The van der Waals surface area contributed by atoms with Crippen molar-refractivity contribution in [2.45, 2.75) is 0 Å². The minimum Gasteiger partial charge on any atom is -0.276 e. The molecule has 0 heterocycles. The lowest BCUT2D eigenvalue weighted by atomic mass is 10.3. The Morgan fingerprint density at radius 1 is 0.600 bits per heavy atom. The standard InChI is InChI=1S/C12H4F6OP/c13-5-1-3-7(11(17)9(5)15)20(19)8-4-2-6(14)10(16)12(8)18/h1-4H. The van der Waals surface area contributed by atoms with Gasteiger partial charge in [0, 0.05) is 0 Å². The number of hydrogen-bond donors (Lipinski definition) is 0. The van der Waals surface area contributed by atoms with E-state index in [1.807, 2.05) is 0 Å². The van der Waals surface area contributed by atoms with Gasteiger partial charge in [-0.25, -0.2) is 26.3 Å². The molecule has 0 aliphatic rings. The van der Waals surface area contributed by atoms with E-state index in [2.05, 4.69) is 0 Å². The van der Waals surface area contributed by atoms with E-state index in [0.29, 0.717) is 24.3 Å². The number of halogens is 6. The summed E-state index contributed by atoms with van der Waals surface area (Å²) in [6.07, 6.45) is 0. The SMILES string of the molecule is O=[P](c1ccc(F)c(F)c1F)c1ccc(F)c(F)c1F. The van der Waals surface area contributed by atoms with Crippen LogP contribution in [-0.2, 0) is 4.57 Å². The summed E-state index contributed by atoms with van der Waals surface area (Å²) in [5.74, 6) is -10.3. The van der Waals surface area contributed by atoms with Crippen LogP contribution in [0.2, 0.25) is 0 Å². The molecule has 0 fully saturated rings. The van der Waals surface area contributed by atoms with E-state index in [9.17, 15) is 30.9 Å². The Morgan fingerprint density at radius 3 is 1.30 bits per heavy atom. The van der Waals surface area contributed by atoms with Crippen molar-refractivity contribution in [1.29, 1.82) is 0 Å². The third-order valence-electron chi connectivity index (χ3n) is 2.47. The summed E-state index contributed by atoms with van der Waals surface area (Å²) in [6, 6.07) is 2.29. The van der Waals surface area contributed by atoms with Crippen LogP contribution in [0.4, 0.5) is 26.3 Å². The third kappa shape index (κ3) is 2.29. The van der Waals surface area contributed by atoms with Gasteiger partial charge in [0.1, 0.15) is 7.80 Å². The predicted octanol–water partition coefficient (Wildman–Crippen LogP) is 3.30. The van der Waals surface area contributed by atoms with Crippen molar-refractivity contribution in [2.24, 2.45) is 0 Å². The van der Waals surface area contributed by atoms with Crippen LogP contribution in [0.3, 0.4) is 0 Å². The molecule has 0 saturated carbocycles. The first-order chi connectivity index (χ1) is 9.34. The van der Waals surface area contributed by atoms with Gasteiger partial charge in [-0.2, -0.15) is 0 Å². The minimum atomic E-state index is -3.08. The van der Waals surface area contributed by atoms with Gasteiger partial charge in [0.25, 0.3) is 0 Å². The second-order valence-corrected chi connectivity index (χ2v) is 5.24. The summed E-state index contributed by atoms with van der Waals surface area (Å²) in [4.78, 5) is 0. The molecule has 0 unspecified atom stereocenters. The maximum Gasteiger partial charge on any atom is 0.195 e. The Balaban J connectivity index is 2.58. The number of hydrogen-bond acceptors (Lipinski definition) is 1. The Hall–Kier alpha value is -1.88. The zero-order valence-electron chi connectivity index (χ0n) is 9.43. The maximum atomic E-state index is 13.4. The molecule has 1 radical (unpaired) electrons. The van der Waals surface area contributed by atoms with E-state index in [0.717, 1.165) is 0 Å². The summed E-state index contributed by atoms with van der Waals surface area (Å²) in [5, 5.41) is -1.69. The van der Waals surface area contributed by atoms with Crippen molar-refractivity contribution >= 4 is 18.4 Å². The largest absolute Gasteiger partial charge is 0.276 e. The van der Waals surface area contributed by atoms with E-state index < -0.39 is 53.3 Å². The van der Waals surface area contributed by atoms with Gasteiger partial charge in [-0.15, -0.1) is 0 Å². The highest BCUT2D eigenvalue weighted by Gasteiger charge is 2.24. The first kappa shape index (κ1) is 14.5. The fraction of sp³-hybridized carbons (Fsp3) is 0. The van der Waals surface area contributed by atoms with Crippen LogP contribution in [0.25, 0.3) is 0 Å². The van der Waals surface area contributed by atoms with Gasteiger partial charge < -0.3 is 0 Å². The van der Waals surface area contributed by atoms with Crippen molar-refractivity contribution in [3.8, 4) is 0 Å². The predicted molar refractivity (Wildman–Crippen MR) is 59.5 cm³/mol. The van der Waals surface area contributed by atoms with Crippen LogP contribution >= 0.6 is 7.80 Å². The van der Waals surface area contributed by atoms with Gasteiger partial charge in [-0.1, -0.05) is 0 Å². The van der Waals surface area contributed by atoms with E-state index in [1.54, 1.807) is 0 Å². The summed E-state index contributed by atoms with van der Waals surface area (Å²) < 4.78 is 90.2. The fourth-order valence-corrected chi connectivity index (χ4v) is 2.71. The first-order valence-corrected chi connectivity index (χ1v) is 6.34. The van der Waals surface area contributed by atoms with Crippen LogP contribution in [0.15, 0.2) is 24.3 Å². The summed E-state index contributed by atoms with van der Waals surface area (Å²) >= 11 is 0. The Morgan fingerprint density at radius 2 is 0.950 bits per heavy atom. The highest BCUT2D eigenvalue weighted by Crippen LogP contribution is 2.26. The van der Waals surface area contributed by atoms with Crippen LogP contribution in [0.5, 0.6) is 0 Å². The van der Waals surface area contributed by atoms with Crippen molar-refractivity contribution in [3.05, 3.63) is 59.2 Å². The molecular weight excluding hydrogens is 305 g/mol. The average molecular weight is 309 g/mol. The average Bonchev–Trinajstić information content (AvgIpc) is 2.42. The van der Waals surface area contributed by atoms with E-state index >= 15 is 0 Å².